The normalized spacial score (nSPS) is 18.0. The van der Waals surface area contributed by atoms with Crippen molar-refractivity contribution in [1.82, 2.24) is 25.1 Å². The summed E-state index contributed by atoms with van der Waals surface area (Å²) in [6, 6.07) is 8.02. The third-order valence-corrected chi connectivity index (χ3v) is 5.20. The molecule has 1 aromatic carbocycles. The van der Waals surface area contributed by atoms with Crippen LogP contribution in [0.1, 0.15) is 30.5 Å². The van der Waals surface area contributed by atoms with Crippen molar-refractivity contribution in [2.45, 2.75) is 30.9 Å². The van der Waals surface area contributed by atoms with Crippen molar-refractivity contribution in [3.63, 3.8) is 0 Å². The zero-order chi connectivity index (χ0) is 17.2. The number of hydrogen-bond acceptors (Lipinski definition) is 6. The van der Waals surface area contributed by atoms with E-state index in [1.54, 1.807) is 6.92 Å². The molecule has 8 heteroatoms. The highest BCUT2D eigenvalue weighted by molar-refractivity contribution is 7.99. The molecule has 1 aliphatic rings. The van der Waals surface area contributed by atoms with Crippen molar-refractivity contribution in [2.75, 3.05) is 18.8 Å². The van der Waals surface area contributed by atoms with E-state index < -0.39 is 0 Å². The Hall–Kier alpha value is -2.35. The fourth-order valence-electron chi connectivity index (χ4n) is 3.14. The molecule has 1 amide bonds. The lowest BCUT2D eigenvalue weighted by atomic mass is 9.97. The van der Waals surface area contributed by atoms with Gasteiger partial charge in [-0.2, -0.15) is 0 Å². The van der Waals surface area contributed by atoms with E-state index in [0.29, 0.717) is 23.4 Å². The maximum Gasteiger partial charge on any atom is 0.277 e. The summed E-state index contributed by atoms with van der Waals surface area (Å²) in [5.74, 6) is 2.15. The number of hydrogen-bond donors (Lipinski definition) is 1. The number of fused-ring (bicyclic) bond motifs is 1. The van der Waals surface area contributed by atoms with Gasteiger partial charge in [-0.05, 0) is 25.0 Å². The third kappa shape index (κ3) is 3.53. The number of carbonyl (C=O) groups excluding carboxylic acids is 1. The van der Waals surface area contributed by atoms with E-state index in [4.69, 9.17) is 9.40 Å². The fourth-order valence-corrected chi connectivity index (χ4v) is 3.85. The number of amides is 1. The smallest absolute Gasteiger partial charge is 0.277 e. The van der Waals surface area contributed by atoms with Gasteiger partial charge >= 0.3 is 0 Å². The molecule has 3 aromatic rings. The van der Waals surface area contributed by atoms with Gasteiger partial charge in [-0.3, -0.25) is 4.79 Å². The van der Waals surface area contributed by atoms with E-state index in [1.165, 1.54) is 11.8 Å². The van der Waals surface area contributed by atoms with Gasteiger partial charge in [-0.15, -0.1) is 10.2 Å². The van der Waals surface area contributed by atoms with Gasteiger partial charge in [-0.25, -0.2) is 4.98 Å². The molecular weight excluding hydrogens is 338 g/mol. The highest BCUT2D eigenvalue weighted by atomic mass is 32.2. The summed E-state index contributed by atoms with van der Waals surface area (Å²) in [5, 5.41) is 8.13. The minimum Gasteiger partial charge on any atom is -0.416 e. The van der Waals surface area contributed by atoms with Crippen LogP contribution in [0.4, 0.5) is 0 Å². The molecule has 0 unspecified atom stereocenters. The lowest BCUT2D eigenvalue weighted by molar-refractivity contribution is -0.129. The lowest BCUT2D eigenvalue weighted by Crippen LogP contribution is -2.40. The number of imidazole rings is 1. The molecule has 1 atom stereocenters. The Bertz CT molecular complexity index is 857. The number of carbonyl (C=O) groups is 1. The molecule has 0 spiro atoms. The maximum absolute atomic E-state index is 12.5. The molecule has 130 valence electrons. The molecule has 2 aromatic heterocycles. The molecule has 0 bridgehead atoms. The summed E-state index contributed by atoms with van der Waals surface area (Å²) in [5.41, 5.74) is 2.02. The number of nitrogens with zero attached hydrogens (tertiary/aromatic N) is 4. The Morgan fingerprint density at radius 1 is 1.40 bits per heavy atom. The number of para-hydroxylation sites is 2. The molecule has 1 aliphatic heterocycles. The number of likely N-dealkylation sites (tertiary alicyclic amines) is 1. The molecule has 0 saturated carbocycles. The van der Waals surface area contributed by atoms with Gasteiger partial charge in [0, 0.05) is 25.9 Å². The molecule has 1 fully saturated rings. The minimum absolute atomic E-state index is 0.0988. The number of piperidine rings is 1. The van der Waals surface area contributed by atoms with Crippen molar-refractivity contribution < 1.29 is 9.21 Å². The second-order valence-corrected chi connectivity index (χ2v) is 7.12. The van der Waals surface area contributed by atoms with Crippen LogP contribution in [0.5, 0.6) is 0 Å². The second-order valence-electron chi connectivity index (χ2n) is 6.19. The first-order valence-electron chi connectivity index (χ1n) is 8.34. The van der Waals surface area contributed by atoms with Crippen LogP contribution in [0.2, 0.25) is 0 Å². The van der Waals surface area contributed by atoms with Gasteiger partial charge in [0.2, 0.25) is 11.8 Å². The first kappa shape index (κ1) is 16.1. The number of rotatable bonds is 4. The number of aryl methyl sites for hydroxylation is 1. The number of thioether (sulfide) groups is 1. The van der Waals surface area contributed by atoms with Crippen molar-refractivity contribution in [3.05, 3.63) is 36.0 Å². The average molecular weight is 357 g/mol. The van der Waals surface area contributed by atoms with Crippen molar-refractivity contribution in [2.24, 2.45) is 0 Å². The summed E-state index contributed by atoms with van der Waals surface area (Å²) < 4.78 is 5.30. The third-order valence-electron chi connectivity index (χ3n) is 4.40. The summed E-state index contributed by atoms with van der Waals surface area (Å²) >= 11 is 1.29. The van der Waals surface area contributed by atoms with Crippen LogP contribution in [0.25, 0.3) is 11.0 Å². The lowest BCUT2D eigenvalue weighted by Gasteiger charge is -2.31. The van der Waals surface area contributed by atoms with Gasteiger partial charge in [0.1, 0.15) is 5.82 Å². The van der Waals surface area contributed by atoms with Gasteiger partial charge in [0.25, 0.3) is 5.22 Å². The van der Waals surface area contributed by atoms with Crippen molar-refractivity contribution in [3.8, 4) is 0 Å². The molecule has 4 rings (SSSR count). The van der Waals surface area contributed by atoms with Gasteiger partial charge < -0.3 is 14.3 Å². The zero-order valence-electron chi connectivity index (χ0n) is 13.9. The SMILES string of the molecule is Cc1nnc(SCC(=O)N2CCC[C@@H](c3nc4ccccc4[nH]3)C2)o1. The quantitative estimate of drug-likeness (QED) is 0.722. The number of aromatic nitrogens is 4. The maximum atomic E-state index is 12.5. The van der Waals surface area contributed by atoms with Crippen LogP contribution in [-0.4, -0.2) is 49.8 Å². The first-order valence-corrected chi connectivity index (χ1v) is 9.33. The second kappa shape index (κ2) is 6.87. The summed E-state index contributed by atoms with van der Waals surface area (Å²) in [6.07, 6.45) is 2.03. The predicted molar refractivity (Wildman–Crippen MR) is 94.4 cm³/mol. The van der Waals surface area contributed by atoms with E-state index in [9.17, 15) is 4.79 Å². The van der Waals surface area contributed by atoms with Crippen LogP contribution < -0.4 is 0 Å². The van der Waals surface area contributed by atoms with Crippen LogP contribution in [-0.2, 0) is 4.79 Å². The molecular formula is C17H19N5O2S. The Morgan fingerprint density at radius 3 is 3.08 bits per heavy atom. The topological polar surface area (TPSA) is 87.9 Å². The molecule has 7 nitrogen and oxygen atoms in total. The number of nitrogens with one attached hydrogen (secondary N) is 1. The number of benzene rings is 1. The van der Waals surface area contributed by atoms with E-state index >= 15 is 0 Å². The van der Waals surface area contributed by atoms with E-state index in [-0.39, 0.29) is 11.8 Å². The predicted octanol–water partition coefficient (Wildman–Crippen LogP) is 2.75. The zero-order valence-corrected chi connectivity index (χ0v) is 14.8. The number of H-pyrrole nitrogens is 1. The van der Waals surface area contributed by atoms with Crippen LogP contribution >= 0.6 is 11.8 Å². The van der Waals surface area contributed by atoms with Crippen LogP contribution in [0, 0.1) is 6.92 Å². The van der Waals surface area contributed by atoms with E-state index in [2.05, 4.69) is 15.2 Å². The molecule has 25 heavy (non-hydrogen) atoms. The fraction of sp³-hybridized carbons (Fsp3) is 0.412. The molecule has 0 aliphatic carbocycles. The minimum atomic E-state index is 0.0988. The van der Waals surface area contributed by atoms with Crippen molar-refractivity contribution >= 4 is 28.7 Å². The standard InChI is InChI=1S/C17H19N5O2S/c1-11-20-21-17(24-11)25-10-15(23)22-8-4-5-12(9-22)16-18-13-6-2-3-7-14(13)19-16/h2-3,6-7,12H,4-5,8-10H2,1H3,(H,18,19)/t12-/m1/s1. The highest BCUT2D eigenvalue weighted by Crippen LogP contribution is 2.27. The summed E-state index contributed by atoms with van der Waals surface area (Å²) in [7, 11) is 0. The summed E-state index contributed by atoms with van der Waals surface area (Å²) in [4.78, 5) is 22.5. The first-order chi connectivity index (χ1) is 12.2. The monoisotopic (exact) mass is 357 g/mol. The molecule has 1 N–H and O–H groups in total. The van der Waals surface area contributed by atoms with Crippen LogP contribution in [0.3, 0.4) is 0 Å². The van der Waals surface area contributed by atoms with E-state index in [0.717, 1.165) is 36.2 Å². The Morgan fingerprint density at radius 2 is 2.28 bits per heavy atom. The highest BCUT2D eigenvalue weighted by Gasteiger charge is 2.27. The van der Waals surface area contributed by atoms with E-state index in [1.807, 2.05) is 29.2 Å². The molecule has 0 radical (unpaired) electrons. The van der Waals surface area contributed by atoms with Gasteiger partial charge in [0.05, 0.1) is 16.8 Å². The Kier molecular flexibility index (Phi) is 4.44. The largest absolute Gasteiger partial charge is 0.416 e. The van der Waals surface area contributed by atoms with Gasteiger partial charge in [-0.1, -0.05) is 23.9 Å². The molecule has 1 saturated heterocycles. The average Bonchev–Trinajstić information content (AvgIpc) is 3.25. The molecule has 3 heterocycles. The van der Waals surface area contributed by atoms with Crippen LogP contribution in [0.15, 0.2) is 33.9 Å². The number of aromatic amines is 1. The summed E-state index contributed by atoms with van der Waals surface area (Å²) in [6.45, 7) is 3.22. The van der Waals surface area contributed by atoms with Gasteiger partial charge in [0.15, 0.2) is 0 Å². The Balaban J connectivity index is 1.40. The Labute approximate surface area is 149 Å². The van der Waals surface area contributed by atoms with Crippen molar-refractivity contribution in [1.29, 1.82) is 0 Å².